The first-order chi connectivity index (χ1) is 10.0. The highest BCUT2D eigenvalue weighted by atomic mass is 35.5. The van der Waals surface area contributed by atoms with E-state index < -0.39 is 5.97 Å². The maximum absolute atomic E-state index is 10.4. The molecule has 0 amide bonds. The first-order valence-corrected chi connectivity index (χ1v) is 7.45. The number of carboxylic acids is 1. The lowest BCUT2D eigenvalue weighted by atomic mass is 10.1. The molecular weight excluding hydrogens is 294 g/mol. The fourth-order valence-corrected chi connectivity index (χ4v) is 2.66. The van der Waals surface area contributed by atoms with E-state index in [1.807, 2.05) is 6.07 Å². The van der Waals surface area contributed by atoms with Crippen LogP contribution in [0, 0.1) is 0 Å². The Balaban J connectivity index is 1.73. The van der Waals surface area contributed by atoms with Crippen LogP contribution in [0.3, 0.4) is 0 Å². The molecule has 0 unspecified atom stereocenters. The molecule has 0 radical (unpaired) electrons. The molecule has 116 valence electrons. The summed E-state index contributed by atoms with van der Waals surface area (Å²) in [6.07, 6.45) is 2.03. The maximum Gasteiger partial charge on any atom is 0.305 e. The van der Waals surface area contributed by atoms with Crippen molar-refractivity contribution in [1.82, 2.24) is 4.90 Å². The minimum absolute atomic E-state index is 0.0617. The van der Waals surface area contributed by atoms with E-state index in [1.54, 1.807) is 12.1 Å². The highest BCUT2D eigenvalue weighted by Crippen LogP contribution is 2.25. The van der Waals surface area contributed by atoms with Crippen molar-refractivity contribution in [3.63, 3.8) is 0 Å². The number of ether oxygens (including phenoxy) is 1. The predicted octanol–water partition coefficient (Wildman–Crippen LogP) is 2.50. The number of hydrogen-bond donors (Lipinski definition) is 2. The van der Waals surface area contributed by atoms with Gasteiger partial charge in [0, 0.05) is 19.6 Å². The van der Waals surface area contributed by atoms with E-state index in [4.69, 9.17) is 21.4 Å². The number of carboxylic acid groups (broad SMARTS) is 1. The third kappa shape index (κ3) is 5.19. The molecule has 1 heterocycles. The summed E-state index contributed by atoms with van der Waals surface area (Å²) < 4.78 is 5.57. The molecule has 1 aliphatic heterocycles. The van der Waals surface area contributed by atoms with E-state index in [9.17, 15) is 9.90 Å². The molecule has 6 heteroatoms. The van der Waals surface area contributed by atoms with Crippen molar-refractivity contribution in [3.05, 3.63) is 28.8 Å². The molecule has 1 saturated heterocycles. The normalized spacial score (nSPS) is 17.0. The SMILES string of the molecule is O=C(O)CCOC1CCN(Cc2ccc(O)c(Cl)c2)CC1. The molecule has 5 nitrogen and oxygen atoms in total. The average Bonchev–Trinajstić information content (AvgIpc) is 2.44. The summed E-state index contributed by atoms with van der Waals surface area (Å²) in [6.45, 7) is 2.90. The quantitative estimate of drug-likeness (QED) is 0.844. The van der Waals surface area contributed by atoms with Gasteiger partial charge < -0.3 is 14.9 Å². The summed E-state index contributed by atoms with van der Waals surface area (Å²) in [5.41, 5.74) is 1.07. The fraction of sp³-hybridized carbons (Fsp3) is 0.533. The number of aliphatic carboxylic acids is 1. The monoisotopic (exact) mass is 313 g/mol. The summed E-state index contributed by atoms with van der Waals surface area (Å²) in [5.74, 6) is -0.720. The number of halogens is 1. The van der Waals surface area contributed by atoms with Crippen LogP contribution in [0.1, 0.15) is 24.8 Å². The standard InChI is InChI=1S/C15H20ClNO4/c16-13-9-11(1-2-14(13)18)10-17-6-3-12(4-7-17)21-8-5-15(19)20/h1-2,9,12,18H,3-8,10H2,(H,19,20). The zero-order valence-electron chi connectivity index (χ0n) is 11.8. The van der Waals surface area contributed by atoms with Crippen molar-refractivity contribution in [2.45, 2.75) is 31.9 Å². The number of aromatic hydroxyl groups is 1. The zero-order chi connectivity index (χ0) is 15.2. The molecule has 0 atom stereocenters. The van der Waals surface area contributed by atoms with Gasteiger partial charge >= 0.3 is 5.97 Å². The molecule has 1 fully saturated rings. The number of phenols is 1. The van der Waals surface area contributed by atoms with Crippen molar-refractivity contribution >= 4 is 17.6 Å². The van der Waals surface area contributed by atoms with E-state index >= 15 is 0 Å². The van der Waals surface area contributed by atoms with Crippen molar-refractivity contribution in [3.8, 4) is 5.75 Å². The van der Waals surface area contributed by atoms with Gasteiger partial charge in [-0.25, -0.2) is 0 Å². The molecule has 0 aliphatic carbocycles. The van der Waals surface area contributed by atoms with Crippen molar-refractivity contribution in [2.24, 2.45) is 0 Å². The van der Waals surface area contributed by atoms with Crippen molar-refractivity contribution < 1.29 is 19.7 Å². The van der Waals surface area contributed by atoms with E-state index in [-0.39, 0.29) is 24.9 Å². The van der Waals surface area contributed by atoms with E-state index in [0.29, 0.717) is 5.02 Å². The first kappa shape index (κ1) is 16.1. The summed E-state index contributed by atoms with van der Waals surface area (Å²) in [5, 5.41) is 18.4. The Morgan fingerprint density at radius 2 is 2.10 bits per heavy atom. The van der Waals surface area contributed by atoms with Gasteiger partial charge in [-0.05, 0) is 30.5 Å². The second-order valence-corrected chi connectivity index (χ2v) is 5.68. The number of carbonyl (C=O) groups is 1. The van der Waals surface area contributed by atoms with Crippen LogP contribution in [0.2, 0.25) is 5.02 Å². The first-order valence-electron chi connectivity index (χ1n) is 7.08. The second-order valence-electron chi connectivity index (χ2n) is 5.28. The van der Waals surface area contributed by atoms with Gasteiger partial charge in [0.05, 0.1) is 24.2 Å². The Hall–Kier alpha value is -1.30. The largest absolute Gasteiger partial charge is 0.506 e. The summed E-state index contributed by atoms with van der Waals surface area (Å²) in [7, 11) is 0. The number of piperidine rings is 1. The average molecular weight is 314 g/mol. The van der Waals surface area contributed by atoms with Gasteiger partial charge in [-0.1, -0.05) is 17.7 Å². The van der Waals surface area contributed by atoms with Crippen LogP contribution in [0.15, 0.2) is 18.2 Å². The van der Waals surface area contributed by atoms with Crippen LogP contribution in [0.4, 0.5) is 0 Å². The molecule has 0 saturated carbocycles. The minimum atomic E-state index is -0.823. The molecule has 0 bridgehead atoms. The number of hydrogen-bond acceptors (Lipinski definition) is 4. The number of likely N-dealkylation sites (tertiary alicyclic amines) is 1. The summed E-state index contributed by atoms with van der Waals surface area (Å²) in [4.78, 5) is 12.7. The molecule has 21 heavy (non-hydrogen) atoms. The number of nitrogens with zero attached hydrogens (tertiary/aromatic N) is 1. The van der Waals surface area contributed by atoms with Crippen LogP contribution in [-0.4, -0.2) is 46.9 Å². The third-order valence-electron chi connectivity index (χ3n) is 3.62. The van der Waals surface area contributed by atoms with Crippen molar-refractivity contribution in [1.29, 1.82) is 0 Å². The molecule has 2 rings (SSSR count). The second kappa shape index (κ2) is 7.64. The van der Waals surface area contributed by atoms with Gasteiger partial charge in [0.25, 0.3) is 0 Å². The van der Waals surface area contributed by atoms with Crippen LogP contribution in [0.5, 0.6) is 5.75 Å². The van der Waals surface area contributed by atoms with Crippen LogP contribution >= 0.6 is 11.6 Å². The van der Waals surface area contributed by atoms with Gasteiger partial charge in [0.1, 0.15) is 5.75 Å². The van der Waals surface area contributed by atoms with Gasteiger partial charge in [0.15, 0.2) is 0 Å². The van der Waals surface area contributed by atoms with Gasteiger partial charge in [-0.3, -0.25) is 9.69 Å². The fourth-order valence-electron chi connectivity index (χ4n) is 2.45. The third-order valence-corrected chi connectivity index (χ3v) is 3.93. The van der Waals surface area contributed by atoms with Crippen LogP contribution in [0.25, 0.3) is 0 Å². The predicted molar refractivity (Wildman–Crippen MR) is 79.6 cm³/mol. The Morgan fingerprint density at radius 3 is 2.71 bits per heavy atom. The summed E-state index contributed by atoms with van der Waals surface area (Å²) in [6, 6.07) is 5.27. The Labute approximate surface area is 129 Å². The molecule has 0 aromatic heterocycles. The number of phenolic OH excluding ortho intramolecular Hbond substituents is 1. The molecule has 2 N–H and O–H groups in total. The van der Waals surface area contributed by atoms with E-state index in [1.165, 1.54) is 0 Å². The van der Waals surface area contributed by atoms with E-state index in [0.717, 1.165) is 38.0 Å². The van der Waals surface area contributed by atoms with Crippen LogP contribution in [-0.2, 0) is 16.1 Å². The molecule has 1 aromatic rings. The lowest BCUT2D eigenvalue weighted by molar-refractivity contribution is -0.138. The van der Waals surface area contributed by atoms with Gasteiger partial charge in [-0.15, -0.1) is 0 Å². The molecule has 0 spiro atoms. The lowest BCUT2D eigenvalue weighted by Gasteiger charge is -2.31. The highest BCUT2D eigenvalue weighted by molar-refractivity contribution is 6.32. The topological polar surface area (TPSA) is 70.0 Å². The zero-order valence-corrected chi connectivity index (χ0v) is 12.6. The Kier molecular flexibility index (Phi) is 5.85. The highest BCUT2D eigenvalue weighted by Gasteiger charge is 2.20. The van der Waals surface area contributed by atoms with Gasteiger partial charge in [0.2, 0.25) is 0 Å². The molecule has 1 aromatic carbocycles. The minimum Gasteiger partial charge on any atom is -0.506 e. The summed E-state index contributed by atoms with van der Waals surface area (Å²) >= 11 is 5.90. The number of benzene rings is 1. The Morgan fingerprint density at radius 1 is 1.38 bits per heavy atom. The van der Waals surface area contributed by atoms with Gasteiger partial charge in [-0.2, -0.15) is 0 Å². The van der Waals surface area contributed by atoms with Crippen LogP contribution < -0.4 is 0 Å². The lowest BCUT2D eigenvalue weighted by Crippen LogP contribution is -2.36. The van der Waals surface area contributed by atoms with Crippen molar-refractivity contribution in [2.75, 3.05) is 19.7 Å². The van der Waals surface area contributed by atoms with E-state index in [2.05, 4.69) is 4.90 Å². The maximum atomic E-state index is 10.4. The smallest absolute Gasteiger partial charge is 0.305 e. The number of rotatable bonds is 6. The molecule has 1 aliphatic rings. The Bertz CT molecular complexity index is 487. The molecular formula is C15H20ClNO4.